The monoisotopic (exact) mass is 454 g/mol. The molecule has 4 rings (SSSR count). The summed E-state index contributed by atoms with van der Waals surface area (Å²) < 4.78 is 10.9. The molecule has 33 heavy (non-hydrogen) atoms. The second-order valence-corrected chi connectivity index (χ2v) is 8.66. The minimum Gasteiger partial charge on any atom is -0.457 e. The Morgan fingerprint density at radius 2 is 1.82 bits per heavy atom. The molecule has 0 atom stereocenters. The van der Waals surface area contributed by atoms with Gasteiger partial charge in [0.25, 0.3) is 0 Å². The van der Waals surface area contributed by atoms with E-state index in [-0.39, 0.29) is 42.6 Å². The lowest BCUT2D eigenvalue weighted by molar-refractivity contribution is -0.161. The van der Waals surface area contributed by atoms with Crippen molar-refractivity contribution in [3.05, 3.63) is 35.7 Å². The van der Waals surface area contributed by atoms with Crippen LogP contribution in [0.5, 0.6) is 0 Å². The molecular weight excluding hydrogens is 424 g/mol. The van der Waals surface area contributed by atoms with Gasteiger partial charge in [-0.1, -0.05) is 30.5 Å². The lowest BCUT2D eigenvalue weighted by Gasteiger charge is -2.31. The van der Waals surface area contributed by atoms with Crippen LogP contribution in [-0.2, 0) is 25.7 Å². The van der Waals surface area contributed by atoms with Gasteiger partial charge in [-0.3, -0.25) is 9.59 Å². The Hall–Kier alpha value is -3.27. The number of benzene rings is 1. The summed E-state index contributed by atoms with van der Waals surface area (Å²) in [4.78, 5) is 40.2. The van der Waals surface area contributed by atoms with Crippen molar-refractivity contribution >= 4 is 29.5 Å². The van der Waals surface area contributed by atoms with E-state index >= 15 is 0 Å². The van der Waals surface area contributed by atoms with Gasteiger partial charge < -0.3 is 25.4 Å². The average Bonchev–Trinajstić information content (AvgIpc) is 3.29. The van der Waals surface area contributed by atoms with Crippen LogP contribution in [0.15, 0.2) is 24.3 Å². The molecule has 1 aliphatic heterocycles. The van der Waals surface area contributed by atoms with Crippen LogP contribution in [0.3, 0.4) is 0 Å². The molecule has 0 radical (unpaired) electrons. The quantitative estimate of drug-likeness (QED) is 0.605. The summed E-state index contributed by atoms with van der Waals surface area (Å²) in [5, 5.41) is 3.08. The summed E-state index contributed by atoms with van der Waals surface area (Å²) in [6, 6.07) is 7.75. The molecule has 176 valence electrons. The number of hydrogen-bond donors (Lipinski definition) is 2. The number of anilines is 3. The topological polar surface area (TPSA) is 133 Å². The molecule has 2 heterocycles. The van der Waals surface area contributed by atoms with E-state index in [2.05, 4.69) is 20.3 Å². The molecule has 2 aliphatic rings. The second kappa shape index (κ2) is 10.1. The van der Waals surface area contributed by atoms with Gasteiger partial charge in [0.2, 0.25) is 17.8 Å². The molecule has 2 aromatic rings. The van der Waals surface area contributed by atoms with E-state index in [1.807, 2.05) is 31.2 Å². The molecule has 0 spiro atoms. The number of carbonyl (C=O) groups excluding carboxylic acids is 2. The third-order valence-corrected chi connectivity index (χ3v) is 6.19. The maximum absolute atomic E-state index is 13.1. The normalized spacial score (nSPS) is 17.5. The highest BCUT2D eigenvalue weighted by molar-refractivity contribution is 5.86. The number of aryl methyl sites for hydroxylation is 1. The Labute approximate surface area is 192 Å². The van der Waals surface area contributed by atoms with Crippen LogP contribution in [0, 0.1) is 12.3 Å². The number of amides is 1. The fraction of sp³-hybridized carbons (Fsp3) is 0.522. The predicted molar refractivity (Wildman–Crippen MR) is 121 cm³/mol. The molecule has 10 nitrogen and oxygen atoms in total. The number of rotatable bonds is 7. The largest absolute Gasteiger partial charge is 0.457 e. The first kappa shape index (κ1) is 22.9. The van der Waals surface area contributed by atoms with Crippen LogP contribution in [0.25, 0.3) is 0 Å². The van der Waals surface area contributed by atoms with Gasteiger partial charge in [-0.25, -0.2) is 0 Å². The van der Waals surface area contributed by atoms with E-state index in [0.717, 1.165) is 24.1 Å². The lowest BCUT2D eigenvalue weighted by Crippen LogP contribution is -2.44. The van der Waals surface area contributed by atoms with Crippen molar-refractivity contribution in [1.82, 2.24) is 19.9 Å². The first-order valence-corrected chi connectivity index (χ1v) is 11.3. The summed E-state index contributed by atoms with van der Waals surface area (Å²) in [5.74, 6) is 0.150. The number of hydrogen-bond acceptors (Lipinski definition) is 9. The maximum Gasteiger partial charge on any atom is 0.313 e. The Morgan fingerprint density at radius 3 is 2.52 bits per heavy atom. The molecule has 1 aromatic carbocycles. The number of nitrogens with zero attached hydrogens (tertiary/aromatic N) is 4. The van der Waals surface area contributed by atoms with Gasteiger partial charge >= 0.3 is 5.97 Å². The summed E-state index contributed by atoms with van der Waals surface area (Å²) in [6.07, 6.45) is 3.23. The average molecular weight is 455 g/mol. The van der Waals surface area contributed by atoms with Crippen LogP contribution in [0.1, 0.15) is 43.5 Å². The highest BCUT2D eigenvalue weighted by Crippen LogP contribution is 2.43. The van der Waals surface area contributed by atoms with E-state index in [1.54, 1.807) is 4.90 Å². The lowest BCUT2D eigenvalue weighted by atomic mass is 9.82. The molecule has 1 aromatic heterocycles. The molecule has 1 saturated carbocycles. The molecule has 1 amide bonds. The van der Waals surface area contributed by atoms with E-state index in [0.29, 0.717) is 39.1 Å². The molecule has 1 aliphatic carbocycles. The van der Waals surface area contributed by atoms with Crippen molar-refractivity contribution in [3.8, 4) is 0 Å². The first-order chi connectivity index (χ1) is 15.9. The maximum atomic E-state index is 13.1. The van der Waals surface area contributed by atoms with Gasteiger partial charge in [0, 0.05) is 25.2 Å². The Bertz CT molecular complexity index is 985. The minimum absolute atomic E-state index is 0.0221. The van der Waals surface area contributed by atoms with Crippen molar-refractivity contribution in [2.75, 3.05) is 37.4 Å². The Morgan fingerprint density at radius 1 is 1.12 bits per heavy atom. The Kier molecular flexibility index (Phi) is 7.02. The highest BCUT2D eigenvalue weighted by Gasteiger charge is 2.45. The third kappa shape index (κ3) is 5.75. The second-order valence-electron chi connectivity index (χ2n) is 8.66. The number of morpholine rings is 1. The van der Waals surface area contributed by atoms with Crippen LogP contribution in [0.2, 0.25) is 0 Å². The summed E-state index contributed by atoms with van der Waals surface area (Å²) in [6.45, 7) is 4.05. The highest BCUT2D eigenvalue weighted by atomic mass is 16.5. The fourth-order valence-electron chi connectivity index (χ4n) is 4.33. The zero-order valence-corrected chi connectivity index (χ0v) is 18.9. The zero-order valence-electron chi connectivity index (χ0n) is 18.9. The number of aromatic nitrogens is 3. The standard InChI is InChI=1S/C23H30N6O4/c1-16-4-6-17(7-5-16)25-22-27-18(26-21(24)28-22)15-33-20(31)23(8-2-3-9-23)14-19(30)29-10-12-32-13-11-29/h4-7H,2-3,8-15H2,1H3,(H3,24,25,26,27,28). The van der Waals surface area contributed by atoms with Crippen LogP contribution < -0.4 is 11.1 Å². The van der Waals surface area contributed by atoms with Crippen molar-refractivity contribution in [1.29, 1.82) is 0 Å². The molecule has 0 bridgehead atoms. The van der Waals surface area contributed by atoms with Crippen molar-refractivity contribution in [2.45, 2.75) is 45.6 Å². The molecular formula is C23H30N6O4. The van der Waals surface area contributed by atoms with E-state index in [9.17, 15) is 9.59 Å². The van der Waals surface area contributed by atoms with Gasteiger partial charge in [-0.15, -0.1) is 0 Å². The zero-order chi connectivity index (χ0) is 23.3. The predicted octanol–water partition coefficient (Wildman–Crippen LogP) is 2.36. The SMILES string of the molecule is Cc1ccc(Nc2nc(N)nc(COC(=O)C3(CC(=O)N4CCOCC4)CCCC3)n2)cc1. The fourth-order valence-corrected chi connectivity index (χ4v) is 4.33. The minimum atomic E-state index is -0.795. The molecule has 2 fully saturated rings. The van der Waals surface area contributed by atoms with E-state index in [4.69, 9.17) is 15.2 Å². The van der Waals surface area contributed by atoms with Gasteiger partial charge in [0.1, 0.15) is 0 Å². The third-order valence-electron chi connectivity index (χ3n) is 6.19. The van der Waals surface area contributed by atoms with Crippen molar-refractivity contribution < 1.29 is 19.1 Å². The first-order valence-electron chi connectivity index (χ1n) is 11.3. The van der Waals surface area contributed by atoms with Crippen molar-refractivity contribution in [2.24, 2.45) is 5.41 Å². The molecule has 3 N–H and O–H groups in total. The number of nitrogens with one attached hydrogen (secondary N) is 1. The Balaban J connectivity index is 1.40. The number of nitrogen functional groups attached to an aromatic ring is 1. The number of carbonyl (C=O) groups is 2. The van der Waals surface area contributed by atoms with Gasteiger partial charge in [0.05, 0.1) is 18.6 Å². The number of ether oxygens (including phenoxy) is 2. The molecule has 10 heteroatoms. The summed E-state index contributed by atoms with van der Waals surface area (Å²) >= 11 is 0. The van der Waals surface area contributed by atoms with Gasteiger partial charge in [-0.05, 0) is 31.9 Å². The van der Waals surface area contributed by atoms with Gasteiger partial charge in [-0.2, -0.15) is 15.0 Å². The number of nitrogens with two attached hydrogens (primary N) is 1. The van der Waals surface area contributed by atoms with Crippen molar-refractivity contribution in [3.63, 3.8) is 0 Å². The number of esters is 1. The van der Waals surface area contributed by atoms with Crippen LogP contribution in [0.4, 0.5) is 17.6 Å². The molecule has 1 saturated heterocycles. The van der Waals surface area contributed by atoms with Gasteiger partial charge in [0.15, 0.2) is 12.4 Å². The molecule has 0 unspecified atom stereocenters. The van der Waals surface area contributed by atoms with E-state index < -0.39 is 5.41 Å². The van der Waals surface area contributed by atoms with Crippen LogP contribution in [-0.4, -0.2) is 58.0 Å². The summed E-state index contributed by atoms with van der Waals surface area (Å²) in [5.41, 5.74) is 6.98. The van der Waals surface area contributed by atoms with E-state index in [1.165, 1.54) is 0 Å². The smallest absolute Gasteiger partial charge is 0.313 e. The summed E-state index contributed by atoms with van der Waals surface area (Å²) in [7, 11) is 0. The van der Waals surface area contributed by atoms with Crippen LogP contribution >= 0.6 is 0 Å².